The van der Waals surface area contributed by atoms with E-state index in [1.807, 2.05) is 6.92 Å². The molecule has 5 heteroatoms. The van der Waals surface area contributed by atoms with Crippen LogP contribution in [0.25, 0.3) is 0 Å². The van der Waals surface area contributed by atoms with Gasteiger partial charge >= 0.3 is 5.97 Å². The second-order valence-corrected chi connectivity index (χ2v) is 5.25. The molecule has 0 aromatic carbocycles. The highest BCUT2D eigenvalue weighted by Gasteiger charge is 2.15. The topological polar surface area (TPSA) is 50.2 Å². The lowest BCUT2D eigenvalue weighted by molar-refractivity contribution is 0.0691. The quantitative estimate of drug-likeness (QED) is 0.607. The molecule has 1 heterocycles. The van der Waals surface area contributed by atoms with Gasteiger partial charge in [-0.05, 0) is 44.1 Å². The lowest BCUT2D eigenvalue weighted by Gasteiger charge is -2.09. The molecule has 0 aliphatic carbocycles. The minimum absolute atomic E-state index is 0.285. The van der Waals surface area contributed by atoms with Gasteiger partial charge in [-0.3, -0.25) is 4.39 Å². The van der Waals surface area contributed by atoms with E-state index in [9.17, 15) is 14.3 Å². The van der Waals surface area contributed by atoms with Gasteiger partial charge in [-0.25, -0.2) is 9.78 Å². The van der Waals surface area contributed by atoms with E-state index in [2.05, 4.69) is 4.98 Å². The van der Waals surface area contributed by atoms with Crippen molar-refractivity contribution in [1.82, 2.24) is 4.98 Å². The third kappa shape index (κ3) is 4.29. The molecule has 0 amide bonds. The summed E-state index contributed by atoms with van der Waals surface area (Å²) in [6.45, 7) is 3.35. The van der Waals surface area contributed by atoms with Gasteiger partial charge in [-0.2, -0.15) is 0 Å². The predicted octanol–water partition coefficient (Wildman–Crippen LogP) is 3.63. The van der Waals surface area contributed by atoms with Crippen molar-refractivity contribution < 1.29 is 14.3 Å². The molecule has 1 aromatic heterocycles. The summed E-state index contributed by atoms with van der Waals surface area (Å²) < 4.78 is 11.9. The molecule has 0 aliphatic rings. The number of hydrogen-bond donors (Lipinski definition) is 1. The predicted molar refractivity (Wildman–Crippen MR) is 71.2 cm³/mol. The SMILES string of the molecule is Cc1cc(C)c(C(=O)O)c(SCCCCCF)n1. The molecule has 0 bridgehead atoms. The van der Waals surface area contributed by atoms with Crippen molar-refractivity contribution in [3.8, 4) is 0 Å². The largest absolute Gasteiger partial charge is 0.478 e. The Hall–Kier alpha value is -1.10. The Bertz CT molecular complexity index is 424. The first kappa shape index (κ1) is 15.0. The maximum absolute atomic E-state index is 11.9. The first-order chi connectivity index (χ1) is 8.56. The number of aryl methyl sites for hydroxylation is 2. The molecule has 0 fully saturated rings. The van der Waals surface area contributed by atoms with Gasteiger partial charge in [0.05, 0.1) is 12.2 Å². The fraction of sp³-hybridized carbons (Fsp3) is 0.538. The van der Waals surface area contributed by atoms with E-state index in [1.54, 1.807) is 13.0 Å². The Morgan fingerprint density at radius 3 is 2.72 bits per heavy atom. The lowest BCUT2D eigenvalue weighted by Crippen LogP contribution is -2.05. The number of halogens is 1. The first-order valence-electron chi connectivity index (χ1n) is 5.96. The zero-order valence-corrected chi connectivity index (χ0v) is 11.5. The van der Waals surface area contributed by atoms with E-state index in [-0.39, 0.29) is 12.2 Å². The summed E-state index contributed by atoms with van der Waals surface area (Å²) >= 11 is 1.44. The molecule has 3 nitrogen and oxygen atoms in total. The highest BCUT2D eigenvalue weighted by molar-refractivity contribution is 7.99. The molecule has 18 heavy (non-hydrogen) atoms. The van der Waals surface area contributed by atoms with Crippen LogP contribution in [0.4, 0.5) is 4.39 Å². The van der Waals surface area contributed by atoms with Crippen LogP contribution in [0, 0.1) is 13.8 Å². The molecular weight excluding hydrogens is 253 g/mol. The van der Waals surface area contributed by atoms with Crippen LogP contribution >= 0.6 is 11.8 Å². The molecule has 1 rings (SSSR count). The van der Waals surface area contributed by atoms with Crippen LogP contribution in [0.15, 0.2) is 11.1 Å². The van der Waals surface area contributed by atoms with E-state index in [0.29, 0.717) is 11.4 Å². The molecule has 0 unspecified atom stereocenters. The Kier molecular flexibility index (Phi) is 6.12. The summed E-state index contributed by atoms with van der Waals surface area (Å²) in [4.78, 5) is 15.5. The molecule has 0 radical (unpaired) electrons. The standard InChI is InChI=1S/C13H18FNO2S/c1-9-8-10(2)15-12(11(9)13(16)17)18-7-5-3-4-6-14/h8H,3-7H2,1-2H3,(H,16,17). The van der Waals surface area contributed by atoms with Crippen LogP contribution < -0.4 is 0 Å². The van der Waals surface area contributed by atoms with Crippen molar-refractivity contribution in [2.45, 2.75) is 38.1 Å². The summed E-state index contributed by atoms with van der Waals surface area (Å²) in [5, 5.41) is 9.74. The van der Waals surface area contributed by atoms with Crippen LogP contribution in [0.3, 0.4) is 0 Å². The van der Waals surface area contributed by atoms with Gasteiger partial charge in [-0.15, -0.1) is 11.8 Å². The van der Waals surface area contributed by atoms with Crippen molar-refractivity contribution in [1.29, 1.82) is 0 Å². The maximum atomic E-state index is 11.9. The number of nitrogens with zero attached hydrogens (tertiary/aromatic N) is 1. The molecular formula is C13H18FNO2S. The fourth-order valence-corrected chi connectivity index (χ4v) is 2.85. The van der Waals surface area contributed by atoms with Crippen molar-refractivity contribution in [3.05, 3.63) is 22.9 Å². The molecule has 1 aromatic rings. The molecule has 0 saturated carbocycles. The Labute approximate surface area is 111 Å². The summed E-state index contributed by atoms with van der Waals surface area (Å²) in [6, 6.07) is 1.77. The van der Waals surface area contributed by atoms with Gasteiger partial charge in [0.1, 0.15) is 5.03 Å². The van der Waals surface area contributed by atoms with Gasteiger partial charge in [-0.1, -0.05) is 6.42 Å². The first-order valence-corrected chi connectivity index (χ1v) is 6.95. The number of hydrogen-bond acceptors (Lipinski definition) is 3. The number of rotatable bonds is 7. The summed E-state index contributed by atoms with van der Waals surface area (Å²) in [5.41, 5.74) is 1.85. The summed E-state index contributed by atoms with van der Waals surface area (Å²) in [5.74, 6) is -0.165. The molecule has 0 saturated heterocycles. The summed E-state index contributed by atoms with van der Waals surface area (Å²) in [6.07, 6.45) is 2.28. The van der Waals surface area contributed by atoms with Gasteiger partial charge in [0, 0.05) is 5.69 Å². The third-order valence-corrected chi connectivity index (χ3v) is 3.60. The van der Waals surface area contributed by atoms with Gasteiger partial charge in [0.2, 0.25) is 0 Å². The number of carboxylic acid groups (broad SMARTS) is 1. The Balaban J connectivity index is 2.71. The number of thioether (sulfide) groups is 1. The van der Waals surface area contributed by atoms with E-state index in [0.717, 1.165) is 29.9 Å². The fourth-order valence-electron chi connectivity index (χ4n) is 1.71. The van der Waals surface area contributed by atoms with Crippen LogP contribution in [0.2, 0.25) is 0 Å². The minimum Gasteiger partial charge on any atom is -0.478 e. The van der Waals surface area contributed by atoms with Gasteiger partial charge in [0.15, 0.2) is 0 Å². The highest BCUT2D eigenvalue weighted by atomic mass is 32.2. The van der Waals surface area contributed by atoms with Gasteiger partial charge in [0.25, 0.3) is 0 Å². The monoisotopic (exact) mass is 271 g/mol. The average molecular weight is 271 g/mol. The van der Waals surface area contributed by atoms with E-state index in [4.69, 9.17) is 0 Å². The average Bonchev–Trinajstić information content (AvgIpc) is 2.27. The zero-order valence-electron chi connectivity index (χ0n) is 10.7. The van der Waals surface area contributed by atoms with Gasteiger partial charge < -0.3 is 5.11 Å². The second-order valence-electron chi connectivity index (χ2n) is 4.16. The lowest BCUT2D eigenvalue weighted by atomic mass is 10.1. The normalized spacial score (nSPS) is 10.6. The van der Waals surface area contributed by atoms with Crippen molar-refractivity contribution >= 4 is 17.7 Å². The Morgan fingerprint density at radius 1 is 1.39 bits per heavy atom. The Morgan fingerprint density at radius 2 is 2.11 bits per heavy atom. The smallest absolute Gasteiger partial charge is 0.338 e. The number of aromatic nitrogens is 1. The van der Waals surface area contributed by atoms with Crippen LogP contribution in [0.1, 0.15) is 40.9 Å². The number of alkyl halides is 1. The molecule has 0 spiro atoms. The molecule has 0 atom stereocenters. The summed E-state index contributed by atoms with van der Waals surface area (Å²) in [7, 11) is 0. The number of carbonyl (C=O) groups is 1. The highest BCUT2D eigenvalue weighted by Crippen LogP contribution is 2.25. The van der Waals surface area contributed by atoms with Crippen molar-refractivity contribution in [2.75, 3.05) is 12.4 Å². The minimum atomic E-state index is -0.939. The number of aromatic carboxylic acids is 1. The third-order valence-electron chi connectivity index (χ3n) is 2.54. The second kappa shape index (κ2) is 7.36. The van der Waals surface area contributed by atoms with Crippen LogP contribution in [0.5, 0.6) is 0 Å². The maximum Gasteiger partial charge on any atom is 0.338 e. The molecule has 1 N–H and O–H groups in total. The zero-order chi connectivity index (χ0) is 13.5. The van der Waals surface area contributed by atoms with Crippen molar-refractivity contribution in [2.24, 2.45) is 0 Å². The molecule has 100 valence electrons. The number of carboxylic acids is 1. The van der Waals surface area contributed by atoms with E-state index >= 15 is 0 Å². The van der Waals surface area contributed by atoms with Crippen LogP contribution in [-0.4, -0.2) is 28.5 Å². The van der Waals surface area contributed by atoms with Crippen LogP contribution in [-0.2, 0) is 0 Å². The van der Waals surface area contributed by atoms with E-state index < -0.39 is 5.97 Å². The number of unbranched alkanes of at least 4 members (excludes halogenated alkanes) is 2. The number of pyridine rings is 1. The van der Waals surface area contributed by atoms with E-state index in [1.165, 1.54) is 11.8 Å². The van der Waals surface area contributed by atoms with Crippen molar-refractivity contribution in [3.63, 3.8) is 0 Å². The molecule has 0 aliphatic heterocycles.